The van der Waals surface area contributed by atoms with E-state index in [1.165, 1.54) is 6.07 Å². The van der Waals surface area contributed by atoms with Crippen molar-refractivity contribution in [2.75, 3.05) is 0 Å². The van der Waals surface area contributed by atoms with E-state index in [-0.39, 0.29) is 5.92 Å². The average molecular weight is 214 g/mol. The van der Waals surface area contributed by atoms with Crippen molar-refractivity contribution in [3.8, 4) is 0 Å². The molecule has 1 N–H and O–H groups in total. The van der Waals surface area contributed by atoms with Crippen LogP contribution in [0.1, 0.15) is 25.8 Å². The van der Waals surface area contributed by atoms with Gasteiger partial charge in [0.15, 0.2) is 0 Å². The summed E-state index contributed by atoms with van der Waals surface area (Å²) in [4.78, 5) is 0. The molecule has 0 fully saturated rings. The van der Waals surface area contributed by atoms with Gasteiger partial charge in [0.25, 0.3) is 0 Å². The maximum Gasteiger partial charge on any atom is 0.126 e. The molecular formula is C12H16F2O. The van der Waals surface area contributed by atoms with Gasteiger partial charge in [-0.2, -0.15) is 0 Å². The highest BCUT2D eigenvalue weighted by atomic mass is 19.1. The lowest BCUT2D eigenvalue weighted by atomic mass is 9.92. The molecule has 2 unspecified atom stereocenters. The van der Waals surface area contributed by atoms with Crippen LogP contribution in [-0.2, 0) is 6.42 Å². The van der Waals surface area contributed by atoms with Gasteiger partial charge in [0.1, 0.15) is 11.6 Å². The smallest absolute Gasteiger partial charge is 0.126 e. The van der Waals surface area contributed by atoms with Crippen LogP contribution in [0.15, 0.2) is 18.2 Å². The van der Waals surface area contributed by atoms with Gasteiger partial charge in [-0.25, -0.2) is 8.78 Å². The molecule has 0 bridgehead atoms. The predicted molar refractivity (Wildman–Crippen MR) is 55.5 cm³/mol. The zero-order chi connectivity index (χ0) is 11.4. The molecule has 0 saturated carbocycles. The van der Waals surface area contributed by atoms with Gasteiger partial charge in [0.2, 0.25) is 0 Å². The van der Waals surface area contributed by atoms with E-state index in [4.69, 9.17) is 0 Å². The minimum Gasteiger partial charge on any atom is -0.393 e. The third kappa shape index (κ3) is 3.27. The fourth-order valence-electron chi connectivity index (χ4n) is 1.64. The SMILES string of the molecule is CCC(Cc1cc(F)ccc1F)C(C)O. The van der Waals surface area contributed by atoms with Gasteiger partial charge in [-0.15, -0.1) is 0 Å². The van der Waals surface area contributed by atoms with Crippen molar-refractivity contribution in [3.05, 3.63) is 35.4 Å². The number of aliphatic hydroxyl groups is 1. The van der Waals surface area contributed by atoms with Crippen molar-refractivity contribution in [3.63, 3.8) is 0 Å². The molecule has 0 aliphatic rings. The van der Waals surface area contributed by atoms with Crippen molar-refractivity contribution in [1.82, 2.24) is 0 Å². The van der Waals surface area contributed by atoms with Gasteiger partial charge in [-0.1, -0.05) is 13.3 Å². The summed E-state index contributed by atoms with van der Waals surface area (Å²) in [5, 5.41) is 9.42. The Morgan fingerprint density at radius 1 is 1.33 bits per heavy atom. The zero-order valence-corrected chi connectivity index (χ0v) is 9.00. The molecule has 1 nitrogen and oxygen atoms in total. The van der Waals surface area contributed by atoms with Crippen molar-refractivity contribution in [2.45, 2.75) is 32.8 Å². The van der Waals surface area contributed by atoms with Crippen molar-refractivity contribution in [1.29, 1.82) is 0 Å². The van der Waals surface area contributed by atoms with Gasteiger partial charge in [0, 0.05) is 0 Å². The molecule has 3 heteroatoms. The molecule has 1 rings (SSSR count). The minimum absolute atomic E-state index is 0.0266. The Kier molecular flexibility index (Phi) is 4.21. The summed E-state index contributed by atoms with van der Waals surface area (Å²) in [6, 6.07) is 3.42. The largest absolute Gasteiger partial charge is 0.393 e. The van der Waals surface area contributed by atoms with Crippen LogP contribution in [0.3, 0.4) is 0 Å². The molecule has 0 aromatic heterocycles. The minimum atomic E-state index is -0.502. The Hall–Kier alpha value is -0.960. The topological polar surface area (TPSA) is 20.2 Å². The van der Waals surface area contributed by atoms with Gasteiger partial charge in [-0.05, 0) is 43.0 Å². The third-order valence-corrected chi connectivity index (χ3v) is 2.70. The van der Waals surface area contributed by atoms with Crippen molar-refractivity contribution >= 4 is 0 Å². The Bertz CT molecular complexity index is 323. The molecule has 2 atom stereocenters. The van der Waals surface area contributed by atoms with E-state index in [0.29, 0.717) is 12.0 Å². The maximum absolute atomic E-state index is 13.3. The number of aliphatic hydroxyl groups excluding tert-OH is 1. The quantitative estimate of drug-likeness (QED) is 0.817. The summed E-state index contributed by atoms with van der Waals surface area (Å²) in [6.45, 7) is 3.60. The molecule has 0 spiro atoms. The first-order valence-corrected chi connectivity index (χ1v) is 5.16. The first-order valence-electron chi connectivity index (χ1n) is 5.16. The Morgan fingerprint density at radius 3 is 2.53 bits per heavy atom. The molecule has 15 heavy (non-hydrogen) atoms. The molecule has 1 aromatic rings. The molecular weight excluding hydrogens is 198 g/mol. The molecule has 1 aromatic carbocycles. The molecule has 0 amide bonds. The standard InChI is InChI=1S/C12H16F2O/c1-3-9(8(2)15)6-10-7-11(13)4-5-12(10)14/h4-5,7-9,15H,3,6H2,1-2H3. The van der Waals surface area contributed by atoms with E-state index in [0.717, 1.165) is 18.6 Å². The van der Waals surface area contributed by atoms with Crippen LogP contribution in [0.4, 0.5) is 8.78 Å². The zero-order valence-electron chi connectivity index (χ0n) is 9.00. The maximum atomic E-state index is 13.3. The molecule has 0 aliphatic carbocycles. The highest BCUT2D eigenvalue weighted by Gasteiger charge is 2.15. The number of hydrogen-bond donors (Lipinski definition) is 1. The average Bonchev–Trinajstić information content (AvgIpc) is 2.18. The molecule has 84 valence electrons. The lowest BCUT2D eigenvalue weighted by Crippen LogP contribution is -2.18. The number of hydrogen-bond acceptors (Lipinski definition) is 1. The normalized spacial score (nSPS) is 15.0. The van der Waals surface area contributed by atoms with E-state index >= 15 is 0 Å². The van der Waals surface area contributed by atoms with Crippen LogP contribution in [0.2, 0.25) is 0 Å². The van der Waals surface area contributed by atoms with Crippen LogP contribution in [0.25, 0.3) is 0 Å². The van der Waals surface area contributed by atoms with Crippen molar-refractivity contribution < 1.29 is 13.9 Å². The van der Waals surface area contributed by atoms with Crippen molar-refractivity contribution in [2.24, 2.45) is 5.92 Å². The van der Waals surface area contributed by atoms with E-state index in [2.05, 4.69) is 0 Å². The number of rotatable bonds is 4. The van der Waals surface area contributed by atoms with Crippen LogP contribution >= 0.6 is 0 Å². The first-order chi connectivity index (χ1) is 7.04. The lowest BCUT2D eigenvalue weighted by molar-refractivity contribution is 0.122. The van der Waals surface area contributed by atoms with Gasteiger partial charge < -0.3 is 5.11 Å². The van der Waals surface area contributed by atoms with Crippen LogP contribution in [0.5, 0.6) is 0 Å². The van der Waals surface area contributed by atoms with E-state index in [1.54, 1.807) is 6.92 Å². The Balaban J connectivity index is 2.82. The third-order valence-electron chi connectivity index (χ3n) is 2.70. The molecule has 0 saturated heterocycles. The van der Waals surface area contributed by atoms with E-state index in [9.17, 15) is 13.9 Å². The summed E-state index contributed by atoms with van der Waals surface area (Å²) >= 11 is 0. The van der Waals surface area contributed by atoms with Crippen LogP contribution < -0.4 is 0 Å². The van der Waals surface area contributed by atoms with Crippen LogP contribution in [0, 0.1) is 17.6 Å². The van der Waals surface area contributed by atoms with E-state index < -0.39 is 17.7 Å². The number of benzene rings is 1. The predicted octanol–water partition coefficient (Wildman–Crippen LogP) is 2.91. The number of halogens is 2. The summed E-state index contributed by atoms with van der Waals surface area (Å²) in [5.74, 6) is -0.872. The Labute approximate surface area is 88.7 Å². The summed E-state index contributed by atoms with van der Waals surface area (Å²) in [5.41, 5.74) is 0.336. The van der Waals surface area contributed by atoms with Gasteiger partial charge in [0.05, 0.1) is 6.10 Å². The summed E-state index contributed by atoms with van der Waals surface area (Å²) in [7, 11) is 0. The Morgan fingerprint density at radius 2 is 2.00 bits per heavy atom. The molecule has 0 radical (unpaired) electrons. The van der Waals surface area contributed by atoms with Gasteiger partial charge in [-0.3, -0.25) is 0 Å². The van der Waals surface area contributed by atoms with Gasteiger partial charge >= 0.3 is 0 Å². The lowest BCUT2D eigenvalue weighted by Gasteiger charge is -2.18. The molecule has 0 heterocycles. The molecule has 0 aliphatic heterocycles. The highest BCUT2D eigenvalue weighted by Crippen LogP contribution is 2.19. The van der Waals surface area contributed by atoms with Crippen LogP contribution in [-0.4, -0.2) is 11.2 Å². The summed E-state index contributed by atoms with van der Waals surface area (Å²) < 4.78 is 26.2. The highest BCUT2D eigenvalue weighted by molar-refractivity contribution is 5.19. The fraction of sp³-hybridized carbons (Fsp3) is 0.500. The second-order valence-corrected chi connectivity index (χ2v) is 3.85. The van der Waals surface area contributed by atoms with E-state index in [1.807, 2.05) is 6.92 Å². The first kappa shape index (κ1) is 12.1. The second kappa shape index (κ2) is 5.21. The monoisotopic (exact) mass is 214 g/mol. The second-order valence-electron chi connectivity index (χ2n) is 3.85. The fourth-order valence-corrected chi connectivity index (χ4v) is 1.64. The summed E-state index contributed by atoms with van der Waals surface area (Å²) in [6.07, 6.45) is 0.614.